The van der Waals surface area contributed by atoms with Crippen LogP contribution in [0.5, 0.6) is 0 Å². The smallest absolute Gasteiger partial charge is 0.224 e. The number of hydrogen-bond donors (Lipinski definition) is 1. The van der Waals surface area contributed by atoms with E-state index in [2.05, 4.69) is 5.32 Å². The number of carbonyl (C=O) groups is 2. The van der Waals surface area contributed by atoms with E-state index in [4.69, 9.17) is 11.6 Å². The second-order valence-electron chi connectivity index (χ2n) is 5.89. The van der Waals surface area contributed by atoms with Crippen LogP contribution in [0, 0.1) is 0 Å². The predicted molar refractivity (Wildman–Crippen MR) is 106 cm³/mol. The van der Waals surface area contributed by atoms with Gasteiger partial charge in [-0.3, -0.25) is 9.59 Å². The van der Waals surface area contributed by atoms with Crippen LogP contribution in [0.3, 0.4) is 0 Å². The third kappa shape index (κ3) is 4.58. The standard InChI is InChI=1S/C22H18ClNO2/c23-19-8-4-5-9-20(19)24-22(26)15-14-21(25)18-12-10-17(11-13-18)16-6-2-1-3-7-16/h1-13H,14-15H2,(H,24,26). The quantitative estimate of drug-likeness (QED) is 0.578. The van der Waals surface area contributed by atoms with Crippen molar-refractivity contribution in [3.63, 3.8) is 0 Å². The number of para-hydroxylation sites is 1. The first-order valence-corrected chi connectivity index (χ1v) is 8.74. The summed E-state index contributed by atoms with van der Waals surface area (Å²) >= 11 is 6.01. The molecule has 0 saturated carbocycles. The minimum absolute atomic E-state index is 0.0566. The van der Waals surface area contributed by atoms with Crippen molar-refractivity contribution in [2.24, 2.45) is 0 Å². The second kappa shape index (κ2) is 8.45. The average molecular weight is 364 g/mol. The molecule has 3 aromatic rings. The number of carbonyl (C=O) groups excluding carboxylic acids is 2. The molecule has 3 aromatic carbocycles. The Morgan fingerprint density at radius 2 is 1.35 bits per heavy atom. The van der Waals surface area contributed by atoms with Crippen LogP contribution in [-0.4, -0.2) is 11.7 Å². The van der Waals surface area contributed by atoms with Crippen molar-refractivity contribution in [2.75, 3.05) is 5.32 Å². The molecule has 1 amide bonds. The average Bonchev–Trinajstić information content (AvgIpc) is 2.69. The van der Waals surface area contributed by atoms with Crippen molar-refractivity contribution in [1.29, 1.82) is 0 Å². The highest BCUT2D eigenvalue weighted by Crippen LogP contribution is 2.22. The van der Waals surface area contributed by atoms with Gasteiger partial charge in [0.15, 0.2) is 5.78 Å². The van der Waals surface area contributed by atoms with Gasteiger partial charge in [0.25, 0.3) is 0 Å². The zero-order valence-electron chi connectivity index (χ0n) is 14.1. The zero-order valence-corrected chi connectivity index (χ0v) is 14.9. The molecule has 3 rings (SSSR count). The largest absolute Gasteiger partial charge is 0.325 e. The van der Waals surface area contributed by atoms with E-state index in [1.165, 1.54) is 0 Å². The van der Waals surface area contributed by atoms with Gasteiger partial charge in [0, 0.05) is 18.4 Å². The van der Waals surface area contributed by atoms with Crippen LogP contribution in [0.1, 0.15) is 23.2 Å². The molecule has 0 aliphatic carbocycles. The Morgan fingerprint density at radius 1 is 0.731 bits per heavy atom. The summed E-state index contributed by atoms with van der Waals surface area (Å²) in [5, 5.41) is 3.20. The number of amides is 1. The lowest BCUT2D eigenvalue weighted by atomic mass is 10.0. The summed E-state index contributed by atoms with van der Waals surface area (Å²) < 4.78 is 0. The molecule has 4 heteroatoms. The SMILES string of the molecule is O=C(CCC(=O)c1ccc(-c2ccccc2)cc1)Nc1ccccc1Cl. The lowest BCUT2D eigenvalue weighted by Crippen LogP contribution is -2.13. The summed E-state index contributed by atoms with van der Waals surface area (Å²) in [6.07, 6.45) is 0.269. The van der Waals surface area contributed by atoms with Gasteiger partial charge in [0.1, 0.15) is 0 Å². The van der Waals surface area contributed by atoms with E-state index in [1.807, 2.05) is 42.5 Å². The minimum Gasteiger partial charge on any atom is -0.325 e. The van der Waals surface area contributed by atoms with Crippen molar-refractivity contribution in [3.8, 4) is 11.1 Å². The third-order valence-electron chi connectivity index (χ3n) is 4.04. The third-order valence-corrected chi connectivity index (χ3v) is 4.37. The van der Waals surface area contributed by atoms with Gasteiger partial charge in [-0.1, -0.05) is 78.3 Å². The van der Waals surface area contributed by atoms with E-state index < -0.39 is 0 Å². The van der Waals surface area contributed by atoms with Gasteiger partial charge < -0.3 is 5.32 Å². The molecule has 0 saturated heterocycles. The highest BCUT2D eigenvalue weighted by atomic mass is 35.5. The molecule has 0 bridgehead atoms. The predicted octanol–water partition coefficient (Wildman–Crippen LogP) is 5.61. The molecule has 26 heavy (non-hydrogen) atoms. The summed E-state index contributed by atoms with van der Waals surface area (Å²) in [4.78, 5) is 24.3. The van der Waals surface area contributed by atoms with Gasteiger partial charge >= 0.3 is 0 Å². The molecule has 0 atom stereocenters. The Kier molecular flexibility index (Phi) is 5.82. The van der Waals surface area contributed by atoms with Crippen LogP contribution < -0.4 is 5.32 Å². The van der Waals surface area contributed by atoms with Crippen molar-refractivity contribution >= 4 is 29.0 Å². The molecule has 0 radical (unpaired) electrons. The molecular weight excluding hydrogens is 346 g/mol. The lowest BCUT2D eigenvalue weighted by Gasteiger charge is -2.07. The molecule has 0 aliphatic rings. The molecule has 130 valence electrons. The molecule has 0 unspecified atom stereocenters. The number of rotatable bonds is 6. The van der Waals surface area contributed by atoms with Gasteiger partial charge in [-0.25, -0.2) is 0 Å². The van der Waals surface area contributed by atoms with Gasteiger partial charge in [-0.2, -0.15) is 0 Å². The minimum atomic E-state index is -0.229. The zero-order chi connectivity index (χ0) is 18.4. The Morgan fingerprint density at radius 3 is 2.04 bits per heavy atom. The first-order valence-electron chi connectivity index (χ1n) is 8.36. The fourth-order valence-corrected chi connectivity index (χ4v) is 2.81. The van der Waals surface area contributed by atoms with Crippen molar-refractivity contribution in [2.45, 2.75) is 12.8 Å². The maximum absolute atomic E-state index is 12.3. The van der Waals surface area contributed by atoms with E-state index >= 15 is 0 Å². The van der Waals surface area contributed by atoms with Crippen molar-refractivity contribution in [1.82, 2.24) is 0 Å². The second-order valence-corrected chi connectivity index (χ2v) is 6.30. The first-order chi connectivity index (χ1) is 12.6. The fraction of sp³-hybridized carbons (Fsp3) is 0.0909. The number of anilines is 1. The molecular formula is C22H18ClNO2. The lowest BCUT2D eigenvalue weighted by molar-refractivity contribution is -0.116. The maximum Gasteiger partial charge on any atom is 0.224 e. The van der Waals surface area contributed by atoms with Crippen LogP contribution in [0.2, 0.25) is 5.02 Å². The van der Waals surface area contributed by atoms with Crippen LogP contribution in [0.4, 0.5) is 5.69 Å². The molecule has 0 fully saturated rings. The Balaban J connectivity index is 1.56. The van der Waals surface area contributed by atoms with Crippen molar-refractivity contribution in [3.05, 3.63) is 89.4 Å². The Bertz CT molecular complexity index is 905. The number of benzene rings is 3. The number of Topliss-reactive ketones (excluding diaryl/α,β-unsaturated/α-hetero) is 1. The number of ketones is 1. The summed E-state index contributed by atoms with van der Waals surface area (Å²) in [6, 6.07) is 24.4. The maximum atomic E-state index is 12.3. The van der Waals surface area contributed by atoms with Crippen LogP contribution in [0.15, 0.2) is 78.9 Å². The van der Waals surface area contributed by atoms with Crippen LogP contribution >= 0.6 is 11.6 Å². The van der Waals surface area contributed by atoms with E-state index in [0.717, 1.165) is 11.1 Å². The highest BCUT2D eigenvalue weighted by molar-refractivity contribution is 6.33. The first kappa shape index (κ1) is 17.9. The van der Waals surface area contributed by atoms with Gasteiger partial charge in [0.2, 0.25) is 5.91 Å². The number of hydrogen-bond acceptors (Lipinski definition) is 2. The van der Waals surface area contributed by atoms with E-state index in [-0.39, 0.29) is 24.5 Å². The van der Waals surface area contributed by atoms with E-state index in [0.29, 0.717) is 16.3 Å². The van der Waals surface area contributed by atoms with Gasteiger partial charge in [-0.15, -0.1) is 0 Å². The van der Waals surface area contributed by atoms with Crippen molar-refractivity contribution < 1.29 is 9.59 Å². The van der Waals surface area contributed by atoms with Gasteiger partial charge in [-0.05, 0) is 23.3 Å². The highest BCUT2D eigenvalue weighted by Gasteiger charge is 2.11. The normalized spacial score (nSPS) is 10.3. The summed E-state index contributed by atoms with van der Waals surface area (Å²) in [7, 11) is 0. The molecule has 3 nitrogen and oxygen atoms in total. The summed E-state index contributed by atoms with van der Waals surface area (Å²) in [6.45, 7) is 0. The Labute approximate surface area is 157 Å². The molecule has 0 spiro atoms. The Hall–Kier alpha value is -2.91. The molecule has 0 aliphatic heterocycles. The number of halogens is 1. The monoisotopic (exact) mass is 363 g/mol. The number of nitrogens with one attached hydrogen (secondary N) is 1. The molecule has 0 heterocycles. The van der Waals surface area contributed by atoms with E-state index in [9.17, 15) is 9.59 Å². The molecule has 0 aromatic heterocycles. The van der Waals surface area contributed by atoms with Gasteiger partial charge in [0.05, 0.1) is 10.7 Å². The van der Waals surface area contributed by atoms with Crippen LogP contribution in [0.25, 0.3) is 11.1 Å². The summed E-state index contributed by atoms with van der Waals surface area (Å²) in [5.74, 6) is -0.286. The fourth-order valence-electron chi connectivity index (χ4n) is 2.63. The molecule has 1 N–H and O–H groups in total. The van der Waals surface area contributed by atoms with Crippen LogP contribution in [-0.2, 0) is 4.79 Å². The van der Waals surface area contributed by atoms with E-state index in [1.54, 1.807) is 36.4 Å². The topological polar surface area (TPSA) is 46.2 Å². The summed E-state index contributed by atoms with van der Waals surface area (Å²) in [5.41, 5.74) is 3.32.